The van der Waals surface area contributed by atoms with Crippen molar-refractivity contribution in [2.24, 2.45) is 0 Å². The lowest BCUT2D eigenvalue weighted by molar-refractivity contribution is -0.136. The van der Waals surface area contributed by atoms with Crippen LogP contribution in [0.1, 0.15) is 52.7 Å². The fourth-order valence-electron chi connectivity index (χ4n) is 5.58. The molecule has 35 heavy (non-hydrogen) atoms. The molecular formula is C26H28N4O5. The molecule has 5 heterocycles. The molecule has 1 aromatic carbocycles. The van der Waals surface area contributed by atoms with E-state index in [1.165, 1.54) is 11.1 Å². The largest absolute Gasteiger partial charge is 0.492 e. The molecule has 2 aromatic rings. The number of ether oxygens (including phenoxy) is 2. The minimum absolute atomic E-state index is 0.0696. The molecule has 0 bridgehead atoms. The van der Waals surface area contributed by atoms with Gasteiger partial charge in [0.05, 0.1) is 12.8 Å². The Balaban J connectivity index is 1.09. The van der Waals surface area contributed by atoms with E-state index < -0.39 is 11.9 Å². The number of hydrogen-bond donors (Lipinski definition) is 1. The van der Waals surface area contributed by atoms with Gasteiger partial charge in [-0.2, -0.15) is 0 Å². The maximum absolute atomic E-state index is 12.9. The first-order valence-electron chi connectivity index (χ1n) is 12.3. The molecule has 0 aliphatic carbocycles. The van der Waals surface area contributed by atoms with Gasteiger partial charge in [-0.25, -0.2) is 0 Å². The third kappa shape index (κ3) is 4.25. The third-order valence-corrected chi connectivity index (χ3v) is 7.36. The molecule has 1 N–H and O–H groups in total. The number of carbonyl (C=O) groups is 3. The summed E-state index contributed by atoms with van der Waals surface area (Å²) in [5, 5.41) is 2.34. The molecule has 2 fully saturated rings. The van der Waals surface area contributed by atoms with Crippen molar-refractivity contribution in [3.63, 3.8) is 0 Å². The maximum atomic E-state index is 12.9. The SMILES string of the molecule is O=C1CCC(N2Cc3cc(OC4CCN(Cc5cncc6c5CCCO6)C4)ccc3C2=O)C(=O)N1. The summed E-state index contributed by atoms with van der Waals surface area (Å²) in [7, 11) is 0. The van der Waals surface area contributed by atoms with Crippen molar-refractivity contribution in [1.29, 1.82) is 0 Å². The molecule has 2 saturated heterocycles. The molecule has 6 rings (SSSR count). The van der Waals surface area contributed by atoms with E-state index in [0.29, 0.717) is 18.5 Å². The van der Waals surface area contributed by atoms with Crippen LogP contribution in [0, 0.1) is 0 Å². The summed E-state index contributed by atoms with van der Waals surface area (Å²) < 4.78 is 12.1. The highest BCUT2D eigenvalue weighted by Crippen LogP contribution is 2.32. The number of aromatic nitrogens is 1. The smallest absolute Gasteiger partial charge is 0.255 e. The Morgan fingerprint density at radius 3 is 2.94 bits per heavy atom. The van der Waals surface area contributed by atoms with E-state index >= 15 is 0 Å². The van der Waals surface area contributed by atoms with E-state index in [-0.39, 0.29) is 24.3 Å². The zero-order chi connectivity index (χ0) is 23.9. The van der Waals surface area contributed by atoms with Crippen LogP contribution < -0.4 is 14.8 Å². The van der Waals surface area contributed by atoms with Crippen LogP contribution in [0.25, 0.3) is 0 Å². The summed E-state index contributed by atoms with van der Waals surface area (Å²) in [5.41, 5.74) is 3.96. The molecule has 9 nitrogen and oxygen atoms in total. The molecule has 0 radical (unpaired) electrons. The van der Waals surface area contributed by atoms with Crippen LogP contribution in [0.5, 0.6) is 11.5 Å². The fourth-order valence-corrected chi connectivity index (χ4v) is 5.58. The van der Waals surface area contributed by atoms with Gasteiger partial charge >= 0.3 is 0 Å². The Bertz CT molecular complexity index is 1200. The Labute approximate surface area is 203 Å². The first-order chi connectivity index (χ1) is 17.0. The second-order valence-corrected chi connectivity index (χ2v) is 9.71. The van der Waals surface area contributed by atoms with Gasteiger partial charge in [0.15, 0.2) is 0 Å². The van der Waals surface area contributed by atoms with Gasteiger partial charge in [0.1, 0.15) is 23.6 Å². The van der Waals surface area contributed by atoms with Gasteiger partial charge in [-0.15, -0.1) is 0 Å². The van der Waals surface area contributed by atoms with E-state index in [9.17, 15) is 14.4 Å². The van der Waals surface area contributed by atoms with Gasteiger partial charge in [-0.3, -0.25) is 29.6 Å². The van der Waals surface area contributed by atoms with E-state index in [4.69, 9.17) is 9.47 Å². The van der Waals surface area contributed by atoms with Gasteiger partial charge in [-0.05, 0) is 55.0 Å². The van der Waals surface area contributed by atoms with E-state index in [1.54, 1.807) is 11.0 Å². The van der Waals surface area contributed by atoms with E-state index in [2.05, 4.69) is 15.2 Å². The second-order valence-electron chi connectivity index (χ2n) is 9.71. The zero-order valence-corrected chi connectivity index (χ0v) is 19.5. The van der Waals surface area contributed by atoms with E-state index in [1.807, 2.05) is 24.5 Å². The number of hydrogen-bond acceptors (Lipinski definition) is 7. The number of rotatable bonds is 5. The summed E-state index contributed by atoms with van der Waals surface area (Å²) in [6.07, 6.45) is 7.44. The lowest BCUT2D eigenvalue weighted by atomic mass is 10.0. The number of piperidine rings is 1. The number of pyridine rings is 1. The summed E-state index contributed by atoms with van der Waals surface area (Å²) in [6.45, 7) is 3.71. The minimum atomic E-state index is -0.607. The van der Waals surface area contributed by atoms with Crippen LogP contribution in [0.2, 0.25) is 0 Å². The first kappa shape index (κ1) is 22.0. The Morgan fingerprint density at radius 2 is 2.06 bits per heavy atom. The van der Waals surface area contributed by atoms with Crippen molar-refractivity contribution < 1.29 is 23.9 Å². The molecule has 2 atom stereocenters. The van der Waals surface area contributed by atoms with Crippen LogP contribution in [-0.2, 0) is 29.1 Å². The number of carbonyl (C=O) groups excluding carboxylic acids is 3. The highest BCUT2D eigenvalue weighted by molar-refractivity contribution is 6.05. The molecule has 0 spiro atoms. The van der Waals surface area contributed by atoms with Crippen molar-refractivity contribution in [3.8, 4) is 11.5 Å². The summed E-state index contributed by atoms with van der Waals surface area (Å²) in [5.74, 6) is 0.803. The minimum Gasteiger partial charge on any atom is -0.492 e. The Hall–Kier alpha value is -3.46. The number of imide groups is 1. The van der Waals surface area contributed by atoms with Crippen LogP contribution in [0.3, 0.4) is 0 Å². The van der Waals surface area contributed by atoms with Crippen LogP contribution in [-0.4, -0.2) is 64.3 Å². The standard InChI is InChI=1S/C26H28N4O5/c31-24-6-5-22(25(32)28-24)30-14-16-10-18(3-4-21(16)26(30)33)35-19-7-8-29(15-19)13-17-11-27-12-23-20(17)2-1-9-34-23/h3-4,10-12,19,22H,1-2,5-9,13-15H2,(H,28,31,32). The number of nitrogens with zero attached hydrogens (tertiary/aromatic N) is 3. The van der Waals surface area contributed by atoms with Crippen molar-refractivity contribution in [3.05, 3.63) is 52.8 Å². The van der Waals surface area contributed by atoms with Gasteiger partial charge in [0.25, 0.3) is 5.91 Å². The molecule has 182 valence electrons. The summed E-state index contributed by atoms with van der Waals surface area (Å²) in [4.78, 5) is 44.9. The van der Waals surface area contributed by atoms with E-state index in [0.717, 1.165) is 62.6 Å². The van der Waals surface area contributed by atoms with Crippen molar-refractivity contribution in [1.82, 2.24) is 20.1 Å². The fraction of sp³-hybridized carbons (Fsp3) is 0.462. The highest BCUT2D eigenvalue weighted by atomic mass is 16.5. The van der Waals surface area contributed by atoms with Crippen molar-refractivity contribution in [2.45, 2.75) is 57.3 Å². The number of amides is 3. The quantitative estimate of drug-likeness (QED) is 0.657. The monoisotopic (exact) mass is 476 g/mol. The Kier molecular flexibility index (Phi) is 5.64. The molecule has 2 unspecified atom stereocenters. The molecule has 4 aliphatic rings. The normalized spacial score (nSPS) is 24.1. The van der Waals surface area contributed by atoms with Crippen LogP contribution in [0.4, 0.5) is 0 Å². The van der Waals surface area contributed by atoms with Crippen LogP contribution in [0.15, 0.2) is 30.6 Å². The second kappa shape index (κ2) is 8.96. The molecular weight excluding hydrogens is 448 g/mol. The number of likely N-dealkylation sites (tertiary alicyclic amines) is 1. The number of nitrogens with one attached hydrogen (secondary N) is 1. The number of fused-ring (bicyclic) bond motifs is 2. The first-order valence-corrected chi connectivity index (χ1v) is 12.3. The molecule has 0 saturated carbocycles. The average Bonchev–Trinajstić information content (AvgIpc) is 3.43. The number of benzene rings is 1. The van der Waals surface area contributed by atoms with Crippen molar-refractivity contribution >= 4 is 17.7 Å². The lowest BCUT2D eigenvalue weighted by Crippen LogP contribution is -2.52. The highest BCUT2D eigenvalue weighted by Gasteiger charge is 2.39. The predicted molar refractivity (Wildman–Crippen MR) is 125 cm³/mol. The molecule has 1 aromatic heterocycles. The maximum Gasteiger partial charge on any atom is 0.255 e. The summed E-state index contributed by atoms with van der Waals surface area (Å²) >= 11 is 0. The third-order valence-electron chi connectivity index (χ3n) is 7.36. The van der Waals surface area contributed by atoms with Gasteiger partial charge in [0, 0.05) is 49.9 Å². The summed E-state index contributed by atoms with van der Waals surface area (Å²) in [6, 6.07) is 4.93. The molecule has 4 aliphatic heterocycles. The average molecular weight is 477 g/mol. The topological polar surface area (TPSA) is 101 Å². The van der Waals surface area contributed by atoms with Gasteiger partial charge in [-0.1, -0.05) is 0 Å². The Morgan fingerprint density at radius 1 is 1.14 bits per heavy atom. The van der Waals surface area contributed by atoms with Gasteiger partial charge < -0.3 is 14.4 Å². The molecule has 3 amide bonds. The zero-order valence-electron chi connectivity index (χ0n) is 19.5. The molecule has 9 heteroatoms. The van der Waals surface area contributed by atoms with Crippen molar-refractivity contribution in [2.75, 3.05) is 19.7 Å². The lowest BCUT2D eigenvalue weighted by Gasteiger charge is -2.29. The van der Waals surface area contributed by atoms with Gasteiger partial charge in [0.2, 0.25) is 11.8 Å². The van der Waals surface area contributed by atoms with Crippen LogP contribution >= 0.6 is 0 Å². The predicted octanol–water partition coefficient (Wildman–Crippen LogP) is 1.82.